The minimum Gasteiger partial charge on any atom is -0.493 e. The minimum absolute atomic E-state index is 0. The Morgan fingerprint density at radius 1 is 1.20 bits per heavy atom. The molecule has 1 aromatic carbocycles. The second-order valence-electron chi connectivity index (χ2n) is 5.99. The van der Waals surface area contributed by atoms with E-state index in [9.17, 15) is 4.79 Å². The number of carbonyl (C=O) groups excluding carboxylic acids is 1. The van der Waals surface area contributed by atoms with E-state index in [0.717, 1.165) is 25.1 Å². The summed E-state index contributed by atoms with van der Waals surface area (Å²) in [7, 11) is 4.79. The molecule has 1 fully saturated rings. The van der Waals surface area contributed by atoms with E-state index in [0.29, 0.717) is 42.6 Å². The molecule has 1 aliphatic heterocycles. The average Bonchev–Trinajstić information content (AvgIpc) is 3.12. The number of nitrogens with one attached hydrogen (secondary N) is 2. The predicted octanol–water partition coefficient (Wildman–Crippen LogP) is 2.18. The average molecular weight is 373 g/mol. The summed E-state index contributed by atoms with van der Waals surface area (Å²) in [6.07, 6.45) is 3.41. The van der Waals surface area contributed by atoms with E-state index in [-0.39, 0.29) is 18.3 Å². The molecule has 1 atom stereocenters. The Morgan fingerprint density at radius 2 is 1.96 bits per heavy atom. The Hall–Kier alpha value is -1.66. The number of ether oxygens (including phenoxy) is 3. The maximum absolute atomic E-state index is 12.0. The zero-order valence-corrected chi connectivity index (χ0v) is 16.0. The second-order valence-corrected chi connectivity index (χ2v) is 5.99. The van der Waals surface area contributed by atoms with Gasteiger partial charge in [0, 0.05) is 18.5 Å². The highest BCUT2D eigenvalue weighted by atomic mass is 35.5. The molecule has 0 aliphatic carbocycles. The summed E-state index contributed by atoms with van der Waals surface area (Å²) < 4.78 is 16.1. The fraction of sp³-hybridized carbons (Fsp3) is 0.611. The van der Waals surface area contributed by atoms with Crippen molar-refractivity contribution in [2.24, 2.45) is 5.92 Å². The van der Waals surface area contributed by atoms with Crippen LogP contribution in [0.4, 0.5) is 0 Å². The summed E-state index contributed by atoms with van der Waals surface area (Å²) >= 11 is 0. The van der Waals surface area contributed by atoms with Crippen molar-refractivity contribution in [3.8, 4) is 17.2 Å². The Morgan fingerprint density at radius 3 is 2.56 bits per heavy atom. The fourth-order valence-electron chi connectivity index (χ4n) is 3.08. The molecule has 6 nitrogen and oxygen atoms in total. The normalized spacial score (nSPS) is 16.0. The van der Waals surface area contributed by atoms with E-state index in [1.807, 2.05) is 12.1 Å². The maximum Gasteiger partial charge on any atom is 0.220 e. The van der Waals surface area contributed by atoms with Crippen LogP contribution in [0.15, 0.2) is 12.1 Å². The standard InChI is InChI=1S/C18H28N2O4.ClH/c1-22-15-6-5-14(17(23-2)18(15)24-3)9-11-20-16(21)7-4-13-8-10-19-12-13;/h5-6,13,19H,4,7-12H2,1-3H3,(H,20,21);1H. The third-order valence-electron chi connectivity index (χ3n) is 4.44. The Bertz CT molecular complexity index is 548. The smallest absolute Gasteiger partial charge is 0.220 e. The van der Waals surface area contributed by atoms with Gasteiger partial charge in [0.2, 0.25) is 11.7 Å². The van der Waals surface area contributed by atoms with Gasteiger partial charge in [-0.25, -0.2) is 0 Å². The Balaban J connectivity index is 0.00000312. The number of benzene rings is 1. The topological polar surface area (TPSA) is 68.8 Å². The number of methoxy groups -OCH3 is 3. The number of carbonyl (C=O) groups is 1. The highest BCUT2D eigenvalue weighted by Gasteiger charge is 2.17. The van der Waals surface area contributed by atoms with Crippen LogP contribution < -0.4 is 24.8 Å². The summed E-state index contributed by atoms with van der Waals surface area (Å²) in [6.45, 7) is 2.69. The molecule has 7 heteroatoms. The van der Waals surface area contributed by atoms with Crippen molar-refractivity contribution >= 4 is 18.3 Å². The molecule has 0 spiro atoms. The summed E-state index contributed by atoms with van der Waals surface area (Å²) in [6, 6.07) is 3.79. The van der Waals surface area contributed by atoms with Gasteiger partial charge in [-0.15, -0.1) is 12.4 Å². The van der Waals surface area contributed by atoms with Gasteiger partial charge < -0.3 is 24.8 Å². The van der Waals surface area contributed by atoms with Crippen LogP contribution in [0.5, 0.6) is 17.2 Å². The van der Waals surface area contributed by atoms with Gasteiger partial charge in [0.15, 0.2) is 11.5 Å². The van der Waals surface area contributed by atoms with Gasteiger partial charge in [0.25, 0.3) is 0 Å². The minimum atomic E-state index is 0. The van der Waals surface area contributed by atoms with Crippen molar-refractivity contribution in [2.75, 3.05) is 41.0 Å². The van der Waals surface area contributed by atoms with Gasteiger partial charge in [0.1, 0.15) is 0 Å². The molecule has 0 aromatic heterocycles. The molecule has 2 rings (SSSR count). The molecule has 1 aromatic rings. The lowest BCUT2D eigenvalue weighted by Crippen LogP contribution is -2.26. The molecule has 0 radical (unpaired) electrons. The highest BCUT2D eigenvalue weighted by molar-refractivity contribution is 5.85. The van der Waals surface area contributed by atoms with E-state index < -0.39 is 0 Å². The van der Waals surface area contributed by atoms with Crippen molar-refractivity contribution in [3.05, 3.63) is 17.7 Å². The van der Waals surface area contributed by atoms with Gasteiger partial charge in [-0.2, -0.15) is 0 Å². The van der Waals surface area contributed by atoms with E-state index in [2.05, 4.69) is 10.6 Å². The number of halogens is 1. The Labute approximate surface area is 156 Å². The van der Waals surface area contributed by atoms with Crippen molar-refractivity contribution in [1.82, 2.24) is 10.6 Å². The van der Waals surface area contributed by atoms with Crippen LogP contribution in [0.25, 0.3) is 0 Å². The molecule has 1 unspecified atom stereocenters. The predicted molar refractivity (Wildman–Crippen MR) is 100 cm³/mol. The number of hydrogen-bond acceptors (Lipinski definition) is 5. The van der Waals surface area contributed by atoms with Gasteiger partial charge in [-0.1, -0.05) is 6.07 Å². The monoisotopic (exact) mass is 372 g/mol. The quantitative estimate of drug-likeness (QED) is 0.695. The summed E-state index contributed by atoms with van der Waals surface area (Å²) in [5.41, 5.74) is 0.982. The maximum atomic E-state index is 12.0. The van der Waals surface area contributed by atoms with E-state index >= 15 is 0 Å². The zero-order valence-electron chi connectivity index (χ0n) is 15.2. The molecule has 0 bridgehead atoms. The van der Waals surface area contributed by atoms with Gasteiger partial charge in [-0.3, -0.25) is 4.79 Å². The SMILES string of the molecule is COc1ccc(CCNC(=O)CCC2CCNC2)c(OC)c1OC.Cl. The van der Waals surface area contributed by atoms with Crippen LogP contribution in [0.1, 0.15) is 24.8 Å². The highest BCUT2D eigenvalue weighted by Crippen LogP contribution is 2.39. The molecule has 1 amide bonds. The van der Waals surface area contributed by atoms with Crippen molar-refractivity contribution in [1.29, 1.82) is 0 Å². The molecular weight excluding hydrogens is 344 g/mol. The summed E-state index contributed by atoms with van der Waals surface area (Å²) in [4.78, 5) is 12.0. The van der Waals surface area contributed by atoms with E-state index in [1.54, 1.807) is 21.3 Å². The van der Waals surface area contributed by atoms with E-state index in [4.69, 9.17) is 14.2 Å². The van der Waals surface area contributed by atoms with Crippen LogP contribution in [-0.2, 0) is 11.2 Å². The van der Waals surface area contributed by atoms with Crippen LogP contribution in [-0.4, -0.2) is 46.9 Å². The lowest BCUT2D eigenvalue weighted by molar-refractivity contribution is -0.121. The van der Waals surface area contributed by atoms with Crippen molar-refractivity contribution in [3.63, 3.8) is 0 Å². The number of amides is 1. The van der Waals surface area contributed by atoms with Crippen LogP contribution in [0.2, 0.25) is 0 Å². The molecule has 2 N–H and O–H groups in total. The molecule has 1 saturated heterocycles. The van der Waals surface area contributed by atoms with Gasteiger partial charge in [-0.05, 0) is 44.3 Å². The van der Waals surface area contributed by atoms with Gasteiger partial charge >= 0.3 is 0 Å². The molecule has 1 heterocycles. The summed E-state index contributed by atoms with van der Waals surface area (Å²) in [5, 5.41) is 6.31. The first-order valence-electron chi connectivity index (χ1n) is 8.44. The molecule has 142 valence electrons. The number of hydrogen-bond donors (Lipinski definition) is 2. The van der Waals surface area contributed by atoms with Crippen LogP contribution in [0, 0.1) is 5.92 Å². The van der Waals surface area contributed by atoms with E-state index in [1.165, 1.54) is 6.42 Å². The van der Waals surface area contributed by atoms with Gasteiger partial charge in [0.05, 0.1) is 21.3 Å². The van der Waals surface area contributed by atoms with Crippen LogP contribution in [0.3, 0.4) is 0 Å². The molecular formula is C18H29ClN2O4. The van der Waals surface area contributed by atoms with Crippen molar-refractivity contribution in [2.45, 2.75) is 25.7 Å². The summed E-state index contributed by atoms with van der Waals surface area (Å²) in [5.74, 6) is 2.62. The first kappa shape index (κ1) is 21.4. The lowest BCUT2D eigenvalue weighted by atomic mass is 10.0. The molecule has 1 aliphatic rings. The lowest BCUT2D eigenvalue weighted by Gasteiger charge is -2.16. The third kappa shape index (κ3) is 5.97. The fourth-order valence-corrected chi connectivity index (χ4v) is 3.08. The molecule has 25 heavy (non-hydrogen) atoms. The zero-order chi connectivity index (χ0) is 17.4. The third-order valence-corrected chi connectivity index (χ3v) is 4.44. The second kappa shape index (κ2) is 11.1. The first-order chi connectivity index (χ1) is 11.7. The van der Waals surface area contributed by atoms with Crippen molar-refractivity contribution < 1.29 is 19.0 Å². The van der Waals surface area contributed by atoms with Crippen LogP contribution >= 0.6 is 12.4 Å². The number of rotatable bonds is 9. The largest absolute Gasteiger partial charge is 0.493 e. The Kier molecular flexibility index (Phi) is 9.45. The molecule has 0 saturated carbocycles. The first-order valence-corrected chi connectivity index (χ1v) is 8.44.